The Morgan fingerprint density at radius 2 is 0.742 bits per heavy atom. The van der Waals surface area contributed by atoms with E-state index in [1.165, 1.54) is 151 Å². The molecule has 4 aromatic carbocycles. The molecule has 9 heterocycles. The third kappa shape index (κ3) is 7.55. The fourth-order valence-corrected chi connectivity index (χ4v) is 20.1. The largest absolute Gasteiger partial charge is 0.377 e. The fourth-order valence-electron chi connectivity index (χ4n) is 8.91. The van der Waals surface area contributed by atoms with Gasteiger partial charge < -0.3 is 5.32 Å². The Labute approximate surface area is 419 Å². The first-order valence-electron chi connectivity index (χ1n) is 22.2. The van der Waals surface area contributed by atoms with Crippen LogP contribution in [0.2, 0.25) is 0 Å². The van der Waals surface area contributed by atoms with E-state index in [1.807, 2.05) is 102 Å². The maximum atomic E-state index is 3.65. The van der Waals surface area contributed by atoms with Gasteiger partial charge in [-0.25, -0.2) is 0 Å². The van der Waals surface area contributed by atoms with E-state index >= 15 is 0 Å². The van der Waals surface area contributed by atoms with Crippen LogP contribution in [0.5, 0.6) is 0 Å². The van der Waals surface area contributed by atoms with Crippen LogP contribution in [0.4, 0.5) is 5.00 Å². The molecule has 0 aliphatic carbocycles. The van der Waals surface area contributed by atoms with Crippen LogP contribution in [0.15, 0.2) is 152 Å². The van der Waals surface area contributed by atoms with Crippen molar-refractivity contribution in [2.75, 3.05) is 11.9 Å². The second kappa shape index (κ2) is 17.4. The topological polar surface area (TPSA) is 12.0 Å². The molecule has 66 heavy (non-hydrogen) atoms. The second-order valence-corrected chi connectivity index (χ2v) is 26.2. The number of nitrogens with one attached hydrogen (secondary N) is 1. The average molecular weight is 1010 g/mol. The summed E-state index contributed by atoms with van der Waals surface area (Å²) in [5, 5.41) is 10.3. The van der Waals surface area contributed by atoms with Gasteiger partial charge in [0, 0.05) is 90.4 Å². The second-order valence-electron chi connectivity index (χ2n) is 16.6. The summed E-state index contributed by atoms with van der Waals surface area (Å²) in [6, 6.07) is 56.9. The Balaban J connectivity index is 0.778. The zero-order chi connectivity index (χ0) is 43.7. The van der Waals surface area contributed by atoms with Crippen molar-refractivity contribution in [2.45, 2.75) is 32.6 Å². The Bertz CT molecular complexity index is 3750. The van der Waals surface area contributed by atoms with Crippen LogP contribution in [-0.2, 0) is 0 Å². The Hall–Kier alpha value is -4.72. The molecule has 0 saturated heterocycles. The van der Waals surface area contributed by atoms with Crippen molar-refractivity contribution in [2.24, 2.45) is 0 Å². The first kappa shape index (κ1) is 41.5. The molecule has 0 amide bonds. The molecule has 10 heteroatoms. The maximum absolute atomic E-state index is 3.65. The van der Waals surface area contributed by atoms with E-state index in [2.05, 4.69) is 164 Å². The molecular formula is C56H39NS9. The van der Waals surface area contributed by atoms with Gasteiger partial charge in [0.2, 0.25) is 0 Å². The minimum atomic E-state index is 1.06. The summed E-state index contributed by atoms with van der Waals surface area (Å²) in [5.41, 5.74) is 3.79. The summed E-state index contributed by atoms with van der Waals surface area (Å²) in [6.45, 7) is 3.33. The molecule has 0 bridgehead atoms. The van der Waals surface area contributed by atoms with Crippen LogP contribution in [0.3, 0.4) is 0 Å². The molecule has 13 rings (SSSR count). The van der Waals surface area contributed by atoms with Crippen LogP contribution in [0.1, 0.15) is 32.6 Å². The van der Waals surface area contributed by atoms with E-state index in [-0.39, 0.29) is 0 Å². The van der Waals surface area contributed by atoms with E-state index in [0.717, 1.165) is 6.54 Å². The highest BCUT2D eigenvalue weighted by molar-refractivity contribution is 7.37. The lowest BCUT2D eigenvalue weighted by Gasteiger charge is -2.03. The van der Waals surface area contributed by atoms with Gasteiger partial charge in [0.25, 0.3) is 0 Å². The molecule has 1 N–H and O–H groups in total. The smallest absolute Gasteiger partial charge is 0.0889 e. The van der Waals surface area contributed by atoms with Gasteiger partial charge in [-0.15, -0.1) is 102 Å². The van der Waals surface area contributed by atoms with Gasteiger partial charge in [-0.3, -0.25) is 0 Å². The first-order chi connectivity index (χ1) is 32.6. The van der Waals surface area contributed by atoms with Crippen molar-refractivity contribution in [1.82, 2.24) is 0 Å². The van der Waals surface area contributed by atoms with Crippen molar-refractivity contribution >= 4 is 157 Å². The van der Waals surface area contributed by atoms with Gasteiger partial charge in [-0.2, -0.15) is 0 Å². The van der Waals surface area contributed by atoms with Crippen molar-refractivity contribution in [3.63, 3.8) is 0 Å². The SMILES string of the molecule is CCCCCCNc1ccc(-c2cc3sc(-c4cc5sc(-c6sc(-c7sc(-c8cc9sc(-c%10ccc(-c%11ccccc%11)cc%10)cc9s8)c8ccccc78)c7ccccc67)cc5s4)cc3s2)s1. The number of anilines is 1. The minimum Gasteiger partial charge on any atom is -0.377 e. The highest BCUT2D eigenvalue weighted by Crippen LogP contribution is 2.55. The number of benzene rings is 4. The third-order valence-corrected chi connectivity index (χ3v) is 23.5. The fraction of sp³-hybridized carbons (Fsp3) is 0.107. The van der Waals surface area contributed by atoms with Gasteiger partial charge in [0.15, 0.2) is 0 Å². The lowest BCUT2D eigenvalue weighted by Crippen LogP contribution is -1.98. The normalized spacial score (nSPS) is 12.0. The van der Waals surface area contributed by atoms with Gasteiger partial charge in [-0.05, 0) is 71.6 Å². The molecule has 0 spiro atoms. The van der Waals surface area contributed by atoms with Gasteiger partial charge in [-0.1, -0.05) is 129 Å². The van der Waals surface area contributed by atoms with E-state index in [1.54, 1.807) is 0 Å². The zero-order valence-electron chi connectivity index (χ0n) is 35.6. The van der Waals surface area contributed by atoms with Crippen molar-refractivity contribution < 1.29 is 0 Å². The summed E-state index contributed by atoms with van der Waals surface area (Å²) in [7, 11) is 0. The molecule has 0 fully saturated rings. The molecule has 0 unspecified atom stereocenters. The highest BCUT2D eigenvalue weighted by Gasteiger charge is 2.23. The molecule has 0 aliphatic rings. The van der Waals surface area contributed by atoms with Gasteiger partial charge >= 0.3 is 0 Å². The minimum absolute atomic E-state index is 1.06. The molecule has 1 nitrogen and oxygen atoms in total. The number of hydrogen-bond acceptors (Lipinski definition) is 10. The number of thiophene rings is 9. The predicted molar refractivity (Wildman–Crippen MR) is 306 cm³/mol. The summed E-state index contributed by atoms with van der Waals surface area (Å²) >= 11 is 17.4. The van der Waals surface area contributed by atoms with Crippen LogP contribution in [0.25, 0.3) is 120 Å². The quantitative estimate of drug-likeness (QED) is 0.114. The summed E-state index contributed by atoms with van der Waals surface area (Å²) in [5.74, 6) is 0. The number of unbranched alkanes of at least 4 members (excludes halogenated alkanes) is 3. The van der Waals surface area contributed by atoms with E-state index in [4.69, 9.17) is 0 Å². The van der Waals surface area contributed by atoms with Crippen LogP contribution >= 0.6 is 102 Å². The Kier molecular flexibility index (Phi) is 10.9. The molecule has 0 saturated carbocycles. The molecule has 322 valence electrons. The van der Waals surface area contributed by atoms with Crippen LogP contribution in [0, 0.1) is 0 Å². The maximum Gasteiger partial charge on any atom is 0.0889 e. The lowest BCUT2D eigenvalue weighted by molar-refractivity contribution is 0.685. The third-order valence-electron chi connectivity index (χ3n) is 12.2. The lowest BCUT2D eigenvalue weighted by atomic mass is 10.0. The summed E-state index contributed by atoms with van der Waals surface area (Å²) < 4.78 is 8.25. The van der Waals surface area contributed by atoms with Crippen molar-refractivity contribution in [1.29, 1.82) is 0 Å². The average Bonchev–Trinajstić information content (AvgIpc) is 4.20. The summed E-state index contributed by atoms with van der Waals surface area (Å²) in [4.78, 5) is 15.0. The monoisotopic (exact) mass is 1010 g/mol. The highest BCUT2D eigenvalue weighted by atomic mass is 32.1. The number of rotatable bonds is 13. The standard InChI is InChI=1S/C56H39NS9/c1-2-3-4-12-25-57-52-24-23-39(64-52)41-27-43-44(59-41)28-45(60-43)46-29-47-49(61-46)31-51(63-47)54-36-16-9-11-18-38(36)56(66-54)55-37-17-10-8-15-35(37)53(65-55)50-30-48-42(62-50)26-40(58-48)34-21-19-33(20-22-34)32-13-6-5-7-14-32/h5-11,13-24,26-31,57H,2-4,12,25H2,1H3. The molecule has 9 aromatic heterocycles. The Morgan fingerprint density at radius 1 is 0.318 bits per heavy atom. The molecule has 0 radical (unpaired) electrons. The van der Waals surface area contributed by atoms with Gasteiger partial charge in [0.05, 0.1) is 24.5 Å². The number of fused-ring (bicyclic) bond motifs is 5. The Morgan fingerprint density at radius 3 is 1.29 bits per heavy atom. The zero-order valence-corrected chi connectivity index (χ0v) is 43.0. The van der Waals surface area contributed by atoms with Crippen molar-refractivity contribution in [3.8, 4) is 70.3 Å². The summed E-state index contributed by atoms with van der Waals surface area (Å²) in [6.07, 6.45) is 5.15. The predicted octanol–water partition coefficient (Wildman–Crippen LogP) is 21.7. The van der Waals surface area contributed by atoms with Gasteiger partial charge in [0.1, 0.15) is 0 Å². The van der Waals surface area contributed by atoms with E-state index < -0.39 is 0 Å². The van der Waals surface area contributed by atoms with E-state index in [0.29, 0.717) is 0 Å². The molecule has 13 aromatic rings. The molecule has 0 aliphatic heterocycles. The molecule has 0 atom stereocenters. The van der Waals surface area contributed by atoms with Crippen molar-refractivity contribution in [3.05, 3.63) is 152 Å². The molecular weight excluding hydrogens is 975 g/mol. The van der Waals surface area contributed by atoms with Crippen LogP contribution in [-0.4, -0.2) is 6.54 Å². The first-order valence-corrected chi connectivity index (χ1v) is 29.6. The number of hydrogen-bond donors (Lipinski definition) is 1. The van der Waals surface area contributed by atoms with E-state index in [9.17, 15) is 0 Å². The van der Waals surface area contributed by atoms with Crippen LogP contribution < -0.4 is 5.32 Å².